The van der Waals surface area contributed by atoms with E-state index in [1.807, 2.05) is 0 Å². The zero-order valence-electron chi connectivity index (χ0n) is 11.4. The third-order valence-electron chi connectivity index (χ3n) is 3.44. The van der Waals surface area contributed by atoms with Crippen molar-refractivity contribution < 1.29 is 22.8 Å². The van der Waals surface area contributed by atoms with E-state index in [9.17, 15) is 22.8 Å². The van der Waals surface area contributed by atoms with Gasteiger partial charge in [0.1, 0.15) is 6.04 Å². The summed E-state index contributed by atoms with van der Waals surface area (Å²) < 4.78 is 38.9. The molecule has 0 radical (unpaired) electrons. The number of nitrogens with one attached hydrogen (secondary N) is 1. The highest BCUT2D eigenvalue weighted by molar-refractivity contribution is 5.99. The molecule has 1 aromatic carbocycles. The second-order valence-electron chi connectivity index (χ2n) is 4.76. The molecule has 1 aromatic rings. The summed E-state index contributed by atoms with van der Waals surface area (Å²) >= 11 is 0. The summed E-state index contributed by atoms with van der Waals surface area (Å²) in [6, 6.07) is 3.91. The maximum Gasteiger partial charge on any atom is 0.417 e. The van der Waals surface area contributed by atoms with Crippen LogP contribution < -0.4 is 5.32 Å². The Morgan fingerprint density at radius 2 is 2.05 bits per heavy atom. The molecule has 0 aliphatic carbocycles. The molecule has 7 heteroatoms. The fourth-order valence-corrected chi connectivity index (χ4v) is 2.44. The fourth-order valence-electron chi connectivity index (χ4n) is 2.44. The number of rotatable bonds is 2. The molecule has 1 atom stereocenters. The van der Waals surface area contributed by atoms with Gasteiger partial charge >= 0.3 is 6.18 Å². The van der Waals surface area contributed by atoms with Crippen LogP contribution >= 0.6 is 0 Å². The summed E-state index contributed by atoms with van der Waals surface area (Å²) in [5.74, 6) is -1.09. The number of carbonyl (C=O) groups excluding carboxylic acids is 2. The largest absolute Gasteiger partial charge is 0.417 e. The van der Waals surface area contributed by atoms with Gasteiger partial charge in [-0.25, -0.2) is 0 Å². The Kier molecular flexibility index (Phi) is 4.20. The van der Waals surface area contributed by atoms with E-state index in [0.717, 1.165) is 12.1 Å². The number of hydrogen-bond acceptors (Lipinski definition) is 2. The van der Waals surface area contributed by atoms with Crippen molar-refractivity contribution in [1.82, 2.24) is 10.2 Å². The van der Waals surface area contributed by atoms with E-state index in [4.69, 9.17) is 0 Å². The number of halogens is 3. The van der Waals surface area contributed by atoms with E-state index in [0.29, 0.717) is 6.42 Å². The second kappa shape index (κ2) is 5.75. The Balaban J connectivity index is 2.38. The molecule has 2 rings (SSSR count). The maximum atomic E-state index is 13.0. The smallest absolute Gasteiger partial charge is 0.353 e. The number of hydrogen-bond donors (Lipinski definition) is 1. The third kappa shape index (κ3) is 3.01. The quantitative estimate of drug-likeness (QED) is 0.909. The molecular formula is C14H15F3N2O2. The van der Waals surface area contributed by atoms with Crippen molar-refractivity contribution in [3.63, 3.8) is 0 Å². The Morgan fingerprint density at radius 1 is 1.38 bits per heavy atom. The molecule has 1 aliphatic rings. The summed E-state index contributed by atoms with van der Waals surface area (Å²) in [7, 11) is 0. The van der Waals surface area contributed by atoms with E-state index in [1.165, 1.54) is 17.0 Å². The molecule has 0 bridgehead atoms. The molecule has 114 valence electrons. The van der Waals surface area contributed by atoms with Crippen LogP contribution in [0.1, 0.15) is 29.3 Å². The zero-order chi connectivity index (χ0) is 15.6. The van der Waals surface area contributed by atoms with E-state index >= 15 is 0 Å². The Labute approximate surface area is 119 Å². The zero-order valence-corrected chi connectivity index (χ0v) is 11.4. The molecule has 1 N–H and O–H groups in total. The minimum absolute atomic E-state index is 0.204. The fraction of sp³-hybridized carbons (Fsp3) is 0.429. The van der Waals surface area contributed by atoms with Gasteiger partial charge in [0.25, 0.3) is 5.91 Å². The van der Waals surface area contributed by atoms with Crippen LogP contribution in [0.3, 0.4) is 0 Å². The molecule has 1 unspecified atom stereocenters. The lowest BCUT2D eigenvalue weighted by atomic mass is 10.0. The molecule has 2 amide bonds. The number of carbonyl (C=O) groups is 2. The molecular weight excluding hydrogens is 285 g/mol. The van der Waals surface area contributed by atoms with E-state index in [-0.39, 0.29) is 19.0 Å². The van der Waals surface area contributed by atoms with Gasteiger partial charge in [-0.15, -0.1) is 0 Å². The predicted molar refractivity (Wildman–Crippen MR) is 69.6 cm³/mol. The third-order valence-corrected chi connectivity index (χ3v) is 3.44. The molecule has 1 aliphatic heterocycles. The van der Waals surface area contributed by atoms with Gasteiger partial charge in [-0.1, -0.05) is 19.1 Å². The summed E-state index contributed by atoms with van der Waals surface area (Å²) in [4.78, 5) is 25.4. The highest BCUT2D eigenvalue weighted by Crippen LogP contribution is 2.32. The first-order valence-electron chi connectivity index (χ1n) is 6.61. The van der Waals surface area contributed by atoms with Crippen molar-refractivity contribution in [2.24, 2.45) is 0 Å². The monoisotopic (exact) mass is 300 g/mol. The van der Waals surface area contributed by atoms with Crippen LogP contribution in [0, 0.1) is 0 Å². The first kappa shape index (κ1) is 15.3. The summed E-state index contributed by atoms with van der Waals surface area (Å²) in [5.41, 5.74) is -1.39. The van der Waals surface area contributed by atoms with Gasteiger partial charge in [0.05, 0.1) is 11.1 Å². The van der Waals surface area contributed by atoms with Crippen LogP contribution in [-0.2, 0) is 11.0 Å². The van der Waals surface area contributed by atoms with Crippen LogP contribution in [0.25, 0.3) is 0 Å². The molecule has 1 fully saturated rings. The molecule has 0 spiro atoms. The minimum atomic E-state index is -4.61. The topological polar surface area (TPSA) is 49.4 Å². The van der Waals surface area contributed by atoms with Crippen molar-refractivity contribution in [2.75, 3.05) is 13.1 Å². The maximum absolute atomic E-state index is 13.0. The first-order chi connectivity index (χ1) is 9.86. The first-order valence-corrected chi connectivity index (χ1v) is 6.61. The highest BCUT2D eigenvalue weighted by atomic mass is 19.4. The van der Waals surface area contributed by atoms with Crippen molar-refractivity contribution >= 4 is 11.8 Å². The lowest BCUT2D eigenvalue weighted by molar-refractivity contribution is -0.138. The molecule has 0 saturated carbocycles. The molecule has 1 heterocycles. The van der Waals surface area contributed by atoms with Gasteiger partial charge in [0, 0.05) is 13.1 Å². The molecule has 4 nitrogen and oxygen atoms in total. The lowest BCUT2D eigenvalue weighted by Gasteiger charge is -2.35. The Bertz CT molecular complexity index is 557. The predicted octanol–water partition coefficient (Wildman–Crippen LogP) is 2.06. The van der Waals surface area contributed by atoms with Crippen LogP contribution in [0.15, 0.2) is 24.3 Å². The van der Waals surface area contributed by atoms with Gasteiger partial charge in [0.15, 0.2) is 0 Å². The normalized spacial score (nSPS) is 19.3. The van der Waals surface area contributed by atoms with Gasteiger partial charge in [0.2, 0.25) is 5.91 Å². The Morgan fingerprint density at radius 3 is 2.67 bits per heavy atom. The van der Waals surface area contributed by atoms with Crippen LogP contribution in [0.2, 0.25) is 0 Å². The summed E-state index contributed by atoms with van der Waals surface area (Å²) in [5, 5.41) is 2.61. The number of piperazine rings is 1. The lowest BCUT2D eigenvalue weighted by Crippen LogP contribution is -2.57. The van der Waals surface area contributed by atoms with Crippen molar-refractivity contribution in [3.8, 4) is 0 Å². The van der Waals surface area contributed by atoms with Crippen LogP contribution in [0.5, 0.6) is 0 Å². The number of nitrogens with zero attached hydrogens (tertiary/aromatic N) is 1. The van der Waals surface area contributed by atoms with Gasteiger partial charge in [-0.05, 0) is 18.6 Å². The van der Waals surface area contributed by atoms with E-state index in [1.54, 1.807) is 6.92 Å². The van der Waals surface area contributed by atoms with Gasteiger partial charge in [-0.2, -0.15) is 13.2 Å². The second-order valence-corrected chi connectivity index (χ2v) is 4.76. The van der Waals surface area contributed by atoms with Crippen LogP contribution in [0.4, 0.5) is 13.2 Å². The van der Waals surface area contributed by atoms with Crippen molar-refractivity contribution in [3.05, 3.63) is 35.4 Å². The van der Waals surface area contributed by atoms with Gasteiger partial charge < -0.3 is 10.2 Å². The molecule has 21 heavy (non-hydrogen) atoms. The number of benzene rings is 1. The van der Waals surface area contributed by atoms with Gasteiger partial charge in [-0.3, -0.25) is 9.59 Å². The van der Waals surface area contributed by atoms with Crippen molar-refractivity contribution in [1.29, 1.82) is 0 Å². The summed E-state index contributed by atoms with van der Waals surface area (Å²) in [6.45, 7) is 2.16. The Hall–Kier alpha value is -2.05. The number of amides is 2. The SMILES string of the molecule is CCC1C(=O)NCCN1C(=O)c1ccccc1C(F)(F)F. The van der Waals surface area contributed by atoms with Crippen LogP contribution in [-0.4, -0.2) is 35.8 Å². The van der Waals surface area contributed by atoms with Crippen molar-refractivity contribution in [2.45, 2.75) is 25.6 Å². The van der Waals surface area contributed by atoms with E-state index in [2.05, 4.69) is 5.32 Å². The molecule has 1 saturated heterocycles. The minimum Gasteiger partial charge on any atom is -0.353 e. The van der Waals surface area contributed by atoms with E-state index < -0.39 is 29.3 Å². The average molecular weight is 300 g/mol. The standard InChI is InChI=1S/C14H15F3N2O2/c1-2-11-12(20)18-7-8-19(11)13(21)9-5-3-4-6-10(9)14(15,16)17/h3-6,11H,2,7-8H2,1H3,(H,18,20). The molecule has 0 aromatic heterocycles. The average Bonchev–Trinajstić information content (AvgIpc) is 2.45. The highest BCUT2D eigenvalue weighted by Gasteiger charge is 2.38. The number of alkyl halides is 3. The summed E-state index contributed by atoms with van der Waals surface area (Å²) in [6.07, 6.45) is -4.25.